The quantitative estimate of drug-likeness (QED) is 0.657. The third kappa shape index (κ3) is 3.48. The molecule has 3 rings (SSSR count). The first-order valence-electron chi connectivity index (χ1n) is 8.54. The SMILES string of the molecule is C#Cc1cccc(S(=O)(=O)N2CCC3(CC2)NCCO3)c1N=CCC. The van der Waals surface area contributed by atoms with Gasteiger partial charge >= 0.3 is 0 Å². The molecule has 1 aromatic carbocycles. The Balaban J connectivity index is 1.90. The van der Waals surface area contributed by atoms with Crippen LogP contribution in [0.5, 0.6) is 0 Å². The van der Waals surface area contributed by atoms with Crippen molar-refractivity contribution in [2.75, 3.05) is 26.2 Å². The molecule has 0 unspecified atom stereocenters. The molecule has 134 valence electrons. The largest absolute Gasteiger partial charge is 0.359 e. The number of terminal acetylenes is 1. The Labute approximate surface area is 149 Å². The summed E-state index contributed by atoms with van der Waals surface area (Å²) < 4.78 is 33.6. The Bertz CT molecular complexity index is 795. The monoisotopic (exact) mass is 361 g/mol. The van der Waals surface area contributed by atoms with Gasteiger partial charge in [-0.25, -0.2) is 8.42 Å². The molecular formula is C18H23N3O3S. The fourth-order valence-electron chi connectivity index (χ4n) is 3.29. The zero-order chi connectivity index (χ0) is 17.9. The Hall–Kier alpha value is -1.72. The van der Waals surface area contributed by atoms with E-state index in [-0.39, 0.29) is 10.6 Å². The summed E-state index contributed by atoms with van der Waals surface area (Å²) in [6.45, 7) is 4.24. The van der Waals surface area contributed by atoms with Gasteiger partial charge in [-0.3, -0.25) is 10.3 Å². The van der Waals surface area contributed by atoms with Gasteiger partial charge in [-0.15, -0.1) is 6.42 Å². The smallest absolute Gasteiger partial charge is 0.245 e. The van der Waals surface area contributed by atoms with Gasteiger partial charge in [-0.1, -0.05) is 18.9 Å². The maximum Gasteiger partial charge on any atom is 0.245 e. The van der Waals surface area contributed by atoms with E-state index in [1.807, 2.05) is 6.92 Å². The lowest BCUT2D eigenvalue weighted by atomic mass is 10.0. The van der Waals surface area contributed by atoms with E-state index in [1.165, 1.54) is 4.31 Å². The number of nitrogens with one attached hydrogen (secondary N) is 1. The van der Waals surface area contributed by atoms with Crippen LogP contribution in [0.4, 0.5) is 5.69 Å². The van der Waals surface area contributed by atoms with E-state index in [9.17, 15) is 8.42 Å². The van der Waals surface area contributed by atoms with E-state index >= 15 is 0 Å². The van der Waals surface area contributed by atoms with Crippen molar-refractivity contribution >= 4 is 21.9 Å². The molecule has 7 heteroatoms. The standard InChI is InChI=1S/C18H23N3O3S/c1-3-10-19-17-15(4-2)6-5-7-16(17)25(22,23)21-12-8-18(9-13-21)20-11-14-24-18/h2,5-7,10,20H,3,8-9,11-14H2,1H3. The predicted octanol–water partition coefficient (Wildman–Crippen LogP) is 1.88. The van der Waals surface area contributed by atoms with Crippen molar-refractivity contribution in [3.63, 3.8) is 0 Å². The van der Waals surface area contributed by atoms with Crippen LogP contribution < -0.4 is 5.32 Å². The van der Waals surface area contributed by atoms with Crippen LogP contribution in [0.25, 0.3) is 0 Å². The zero-order valence-electron chi connectivity index (χ0n) is 14.4. The van der Waals surface area contributed by atoms with Gasteiger partial charge in [0.2, 0.25) is 10.0 Å². The van der Waals surface area contributed by atoms with Crippen LogP contribution in [0.1, 0.15) is 31.7 Å². The minimum absolute atomic E-state index is 0.170. The lowest BCUT2D eigenvalue weighted by Crippen LogP contribution is -2.52. The van der Waals surface area contributed by atoms with Crippen molar-refractivity contribution in [1.29, 1.82) is 0 Å². The van der Waals surface area contributed by atoms with E-state index in [0.717, 1.165) is 6.54 Å². The number of aliphatic imine (C=N–C) groups is 1. The van der Waals surface area contributed by atoms with Crippen molar-refractivity contribution in [2.45, 2.75) is 36.8 Å². The van der Waals surface area contributed by atoms with Gasteiger partial charge in [0.25, 0.3) is 0 Å². The van der Waals surface area contributed by atoms with Crippen LogP contribution in [-0.2, 0) is 14.8 Å². The molecule has 0 saturated carbocycles. The average molecular weight is 361 g/mol. The number of ether oxygens (including phenoxy) is 1. The summed E-state index contributed by atoms with van der Waals surface area (Å²) in [6, 6.07) is 4.95. The second-order valence-electron chi connectivity index (χ2n) is 6.19. The molecule has 0 aromatic heterocycles. The van der Waals surface area contributed by atoms with Gasteiger partial charge in [0.1, 0.15) is 10.6 Å². The van der Waals surface area contributed by atoms with Crippen LogP contribution in [0.3, 0.4) is 0 Å². The fraction of sp³-hybridized carbons (Fsp3) is 0.500. The van der Waals surface area contributed by atoms with Gasteiger partial charge in [0.05, 0.1) is 17.9 Å². The van der Waals surface area contributed by atoms with Gasteiger partial charge < -0.3 is 4.74 Å². The molecule has 0 amide bonds. The highest BCUT2D eigenvalue weighted by Gasteiger charge is 2.41. The van der Waals surface area contributed by atoms with E-state index in [0.29, 0.717) is 50.2 Å². The maximum atomic E-state index is 13.2. The van der Waals surface area contributed by atoms with Crippen LogP contribution in [0, 0.1) is 12.3 Å². The molecule has 2 fully saturated rings. The van der Waals surface area contributed by atoms with Gasteiger partial charge in [0.15, 0.2) is 0 Å². The number of piperidine rings is 1. The number of nitrogens with zero attached hydrogens (tertiary/aromatic N) is 2. The lowest BCUT2D eigenvalue weighted by Gasteiger charge is -2.38. The molecule has 1 N–H and O–H groups in total. The van der Waals surface area contributed by atoms with Crippen molar-refractivity contribution < 1.29 is 13.2 Å². The van der Waals surface area contributed by atoms with Crippen LogP contribution in [-0.4, -0.2) is 50.9 Å². The van der Waals surface area contributed by atoms with Crippen molar-refractivity contribution in [1.82, 2.24) is 9.62 Å². The Kier molecular flexibility index (Phi) is 5.25. The van der Waals surface area contributed by atoms with Crippen LogP contribution >= 0.6 is 0 Å². The normalized spacial score (nSPS) is 21.0. The number of hydrogen-bond acceptors (Lipinski definition) is 5. The summed E-state index contributed by atoms with van der Waals surface area (Å²) in [5.74, 6) is 2.53. The van der Waals surface area contributed by atoms with Crippen LogP contribution in [0.15, 0.2) is 28.1 Å². The third-order valence-corrected chi connectivity index (χ3v) is 6.56. The number of rotatable bonds is 4. The molecule has 0 aliphatic carbocycles. The van der Waals surface area contributed by atoms with Crippen molar-refractivity contribution in [3.8, 4) is 12.3 Å². The molecule has 0 atom stereocenters. The molecule has 1 spiro atoms. The van der Waals surface area contributed by atoms with Gasteiger partial charge in [-0.05, 0) is 18.6 Å². The topological polar surface area (TPSA) is 71.0 Å². The highest BCUT2D eigenvalue weighted by Crippen LogP contribution is 2.34. The first-order valence-corrected chi connectivity index (χ1v) is 9.98. The predicted molar refractivity (Wildman–Crippen MR) is 97.5 cm³/mol. The summed E-state index contributed by atoms with van der Waals surface area (Å²) in [6.07, 6.45) is 9.18. The molecule has 25 heavy (non-hydrogen) atoms. The maximum absolute atomic E-state index is 13.2. The number of benzene rings is 1. The summed E-state index contributed by atoms with van der Waals surface area (Å²) >= 11 is 0. The molecule has 2 aliphatic heterocycles. The third-order valence-electron chi connectivity index (χ3n) is 4.63. The summed E-state index contributed by atoms with van der Waals surface area (Å²) in [7, 11) is -3.66. The molecule has 0 radical (unpaired) electrons. The van der Waals surface area contributed by atoms with Gasteiger partial charge in [-0.2, -0.15) is 4.31 Å². The second kappa shape index (κ2) is 7.26. The molecule has 2 aliphatic rings. The molecular weight excluding hydrogens is 338 g/mol. The minimum Gasteiger partial charge on any atom is -0.359 e. The summed E-state index contributed by atoms with van der Waals surface area (Å²) in [5, 5.41) is 3.35. The first kappa shape index (κ1) is 18.1. The van der Waals surface area contributed by atoms with Gasteiger partial charge in [0, 0.05) is 38.7 Å². The molecule has 2 saturated heterocycles. The number of sulfonamides is 1. The van der Waals surface area contributed by atoms with Crippen LogP contribution in [0.2, 0.25) is 0 Å². The minimum atomic E-state index is -3.66. The van der Waals surface area contributed by atoms with E-state index < -0.39 is 10.0 Å². The average Bonchev–Trinajstić information content (AvgIpc) is 3.07. The summed E-state index contributed by atoms with van der Waals surface area (Å²) in [4.78, 5) is 4.49. The van der Waals surface area contributed by atoms with E-state index in [1.54, 1.807) is 24.4 Å². The Morgan fingerprint density at radius 3 is 2.80 bits per heavy atom. The molecule has 1 aromatic rings. The molecule has 2 heterocycles. The fourth-order valence-corrected chi connectivity index (χ4v) is 4.89. The number of para-hydroxylation sites is 1. The van der Waals surface area contributed by atoms with Crippen molar-refractivity contribution in [2.24, 2.45) is 4.99 Å². The first-order chi connectivity index (χ1) is 12.0. The van der Waals surface area contributed by atoms with E-state index in [2.05, 4.69) is 16.2 Å². The Morgan fingerprint density at radius 1 is 1.44 bits per heavy atom. The zero-order valence-corrected chi connectivity index (χ0v) is 15.2. The highest BCUT2D eigenvalue weighted by molar-refractivity contribution is 7.89. The Morgan fingerprint density at radius 2 is 2.20 bits per heavy atom. The molecule has 0 bridgehead atoms. The highest BCUT2D eigenvalue weighted by atomic mass is 32.2. The summed E-state index contributed by atoms with van der Waals surface area (Å²) in [5.41, 5.74) is 0.470. The van der Waals surface area contributed by atoms with Crippen molar-refractivity contribution in [3.05, 3.63) is 23.8 Å². The molecule has 6 nitrogen and oxygen atoms in total. The second-order valence-corrected chi connectivity index (χ2v) is 8.10. The lowest BCUT2D eigenvalue weighted by molar-refractivity contribution is -0.0445. The number of hydrogen-bond donors (Lipinski definition) is 1. The van der Waals surface area contributed by atoms with E-state index in [4.69, 9.17) is 11.2 Å².